The largest absolute Gasteiger partial charge is 0.345 e. The number of rotatable bonds is 4. The van der Waals surface area contributed by atoms with E-state index in [1.54, 1.807) is 0 Å². The maximum Gasteiger partial charge on any atom is 0.254 e. The molecule has 18 heavy (non-hydrogen) atoms. The molecule has 100 valence electrons. The number of carbonyl (C=O) groups is 1. The minimum atomic E-state index is -0.636. The highest BCUT2D eigenvalue weighted by Gasteiger charge is 2.29. The molecular weight excluding hydrogens is 255 g/mol. The predicted octanol–water partition coefficient (Wildman–Crippen LogP) is 2.58. The van der Waals surface area contributed by atoms with Gasteiger partial charge in [-0.05, 0) is 31.0 Å². The first-order chi connectivity index (χ1) is 8.30. The van der Waals surface area contributed by atoms with Crippen molar-refractivity contribution < 1.29 is 9.18 Å². The summed E-state index contributed by atoms with van der Waals surface area (Å²) in [4.78, 5) is 12.0. The molecule has 1 unspecified atom stereocenters. The quantitative estimate of drug-likeness (QED) is 0.885. The van der Waals surface area contributed by atoms with E-state index in [1.807, 2.05) is 20.8 Å². The minimum Gasteiger partial charge on any atom is -0.345 e. The third-order valence-electron chi connectivity index (χ3n) is 3.27. The Morgan fingerprint density at radius 3 is 2.61 bits per heavy atom. The molecule has 1 aromatic carbocycles. The Morgan fingerprint density at radius 2 is 2.17 bits per heavy atom. The molecule has 0 bridgehead atoms. The maximum atomic E-state index is 13.6. The van der Waals surface area contributed by atoms with Crippen LogP contribution in [0.3, 0.4) is 0 Å². The third kappa shape index (κ3) is 3.21. The van der Waals surface area contributed by atoms with Crippen molar-refractivity contribution in [3.63, 3.8) is 0 Å². The molecule has 0 aliphatic heterocycles. The highest BCUT2D eigenvalue weighted by Crippen LogP contribution is 2.18. The summed E-state index contributed by atoms with van der Waals surface area (Å²) in [7, 11) is 0. The fourth-order valence-corrected chi connectivity index (χ4v) is 1.59. The van der Waals surface area contributed by atoms with Crippen LogP contribution >= 0.6 is 11.6 Å². The molecule has 0 aromatic heterocycles. The third-order valence-corrected chi connectivity index (χ3v) is 3.51. The standard InChI is InChI=1S/C13H18ClFN2O/c1-8(2)13(3,7-16)17-12(18)10-5-4-9(14)6-11(10)15/h4-6,8H,7,16H2,1-3H3,(H,17,18). The number of hydrogen-bond acceptors (Lipinski definition) is 2. The summed E-state index contributed by atoms with van der Waals surface area (Å²) >= 11 is 5.64. The molecule has 0 saturated heterocycles. The highest BCUT2D eigenvalue weighted by atomic mass is 35.5. The van der Waals surface area contributed by atoms with Gasteiger partial charge >= 0.3 is 0 Å². The zero-order valence-corrected chi connectivity index (χ0v) is 11.5. The van der Waals surface area contributed by atoms with E-state index in [0.717, 1.165) is 6.07 Å². The Bertz CT molecular complexity index is 451. The van der Waals surface area contributed by atoms with E-state index in [4.69, 9.17) is 17.3 Å². The first-order valence-electron chi connectivity index (χ1n) is 5.78. The smallest absolute Gasteiger partial charge is 0.254 e. The van der Waals surface area contributed by atoms with E-state index in [-0.39, 0.29) is 23.0 Å². The summed E-state index contributed by atoms with van der Waals surface area (Å²) in [6.07, 6.45) is 0. The summed E-state index contributed by atoms with van der Waals surface area (Å²) in [6, 6.07) is 3.96. The van der Waals surface area contributed by atoms with Crippen LogP contribution in [0.4, 0.5) is 4.39 Å². The zero-order chi connectivity index (χ0) is 13.9. The van der Waals surface area contributed by atoms with Crippen LogP contribution in [0.1, 0.15) is 31.1 Å². The van der Waals surface area contributed by atoms with Gasteiger partial charge in [0.25, 0.3) is 5.91 Å². The average Bonchev–Trinajstić information content (AvgIpc) is 2.28. The van der Waals surface area contributed by atoms with Gasteiger partial charge < -0.3 is 11.1 Å². The first kappa shape index (κ1) is 14.9. The summed E-state index contributed by atoms with van der Waals surface area (Å²) in [6.45, 7) is 6.02. The second-order valence-electron chi connectivity index (χ2n) is 4.85. The number of nitrogens with two attached hydrogens (primary N) is 1. The molecule has 0 saturated carbocycles. The van der Waals surface area contributed by atoms with Gasteiger partial charge in [-0.1, -0.05) is 25.4 Å². The lowest BCUT2D eigenvalue weighted by Crippen LogP contribution is -2.55. The second kappa shape index (κ2) is 5.67. The van der Waals surface area contributed by atoms with Crippen molar-refractivity contribution in [3.05, 3.63) is 34.6 Å². The van der Waals surface area contributed by atoms with Crippen LogP contribution in [0.15, 0.2) is 18.2 Å². The Kier molecular flexibility index (Phi) is 4.71. The monoisotopic (exact) mass is 272 g/mol. The van der Waals surface area contributed by atoms with Gasteiger partial charge in [-0.2, -0.15) is 0 Å². The van der Waals surface area contributed by atoms with Crippen LogP contribution in [0.25, 0.3) is 0 Å². The van der Waals surface area contributed by atoms with Gasteiger partial charge in [-0.3, -0.25) is 4.79 Å². The summed E-state index contributed by atoms with van der Waals surface area (Å²) in [5, 5.41) is 3.03. The Hall–Kier alpha value is -1.13. The van der Waals surface area contributed by atoms with Crippen molar-refractivity contribution in [2.75, 3.05) is 6.54 Å². The lowest BCUT2D eigenvalue weighted by molar-refractivity contribution is 0.0879. The van der Waals surface area contributed by atoms with Crippen molar-refractivity contribution in [2.45, 2.75) is 26.3 Å². The summed E-state index contributed by atoms with van der Waals surface area (Å²) < 4.78 is 13.6. The number of nitrogens with one attached hydrogen (secondary N) is 1. The van der Waals surface area contributed by atoms with Gasteiger partial charge in [-0.15, -0.1) is 0 Å². The number of carbonyl (C=O) groups excluding carboxylic acids is 1. The van der Waals surface area contributed by atoms with E-state index in [9.17, 15) is 9.18 Å². The lowest BCUT2D eigenvalue weighted by Gasteiger charge is -2.33. The molecule has 0 spiro atoms. The molecule has 1 rings (SSSR count). The van der Waals surface area contributed by atoms with Crippen molar-refractivity contribution in [1.82, 2.24) is 5.32 Å². The van der Waals surface area contributed by atoms with Crippen molar-refractivity contribution >= 4 is 17.5 Å². The van der Waals surface area contributed by atoms with Crippen LogP contribution in [0, 0.1) is 11.7 Å². The first-order valence-corrected chi connectivity index (χ1v) is 6.15. The molecule has 0 fully saturated rings. The Morgan fingerprint density at radius 1 is 1.56 bits per heavy atom. The normalized spacial score (nSPS) is 14.4. The van der Waals surface area contributed by atoms with Crippen molar-refractivity contribution in [2.24, 2.45) is 11.7 Å². The number of halogens is 2. The highest BCUT2D eigenvalue weighted by molar-refractivity contribution is 6.30. The fourth-order valence-electron chi connectivity index (χ4n) is 1.43. The van der Waals surface area contributed by atoms with E-state index in [2.05, 4.69) is 5.32 Å². The maximum absolute atomic E-state index is 13.6. The van der Waals surface area contributed by atoms with E-state index < -0.39 is 17.3 Å². The minimum absolute atomic E-state index is 0.0280. The van der Waals surface area contributed by atoms with Gasteiger partial charge in [0.15, 0.2) is 0 Å². The average molecular weight is 273 g/mol. The lowest BCUT2D eigenvalue weighted by atomic mass is 9.88. The molecule has 1 atom stereocenters. The predicted molar refractivity (Wildman–Crippen MR) is 71.2 cm³/mol. The SMILES string of the molecule is CC(C)C(C)(CN)NC(=O)c1ccc(Cl)cc1F. The van der Waals surface area contributed by atoms with E-state index >= 15 is 0 Å². The molecule has 3 nitrogen and oxygen atoms in total. The van der Waals surface area contributed by atoms with Crippen LogP contribution < -0.4 is 11.1 Å². The van der Waals surface area contributed by atoms with Crippen molar-refractivity contribution in [1.29, 1.82) is 0 Å². The topological polar surface area (TPSA) is 55.1 Å². The van der Waals surface area contributed by atoms with Crippen LogP contribution in [-0.4, -0.2) is 18.0 Å². The van der Waals surface area contributed by atoms with E-state index in [1.165, 1.54) is 12.1 Å². The van der Waals surface area contributed by atoms with Crippen LogP contribution in [0.5, 0.6) is 0 Å². The Labute approximate surface area is 112 Å². The van der Waals surface area contributed by atoms with E-state index in [0.29, 0.717) is 0 Å². The molecule has 0 heterocycles. The molecule has 1 aromatic rings. The number of benzene rings is 1. The van der Waals surface area contributed by atoms with Crippen LogP contribution in [-0.2, 0) is 0 Å². The summed E-state index contributed by atoms with van der Waals surface area (Å²) in [5.41, 5.74) is 5.07. The van der Waals surface area contributed by atoms with Gasteiger partial charge in [0.2, 0.25) is 0 Å². The molecule has 0 radical (unpaired) electrons. The number of hydrogen-bond donors (Lipinski definition) is 2. The molecule has 0 aliphatic rings. The molecule has 1 amide bonds. The van der Waals surface area contributed by atoms with Gasteiger partial charge in [0, 0.05) is 11.6 Å². The molecule has 0 aliphatic carbocycles. The summed E-state index contributed by atoms with van der Waals surface area (Å²) in [5.74, 6) is -0.976. The van der Waals surface area contributed by atoms with Gasteiger partial charge in [0.05, 0.1) is 11.1 Å². The number of amides is 1. The zero-order valence-electron chi connectivity index (χ0n) is 10.8. The molecular formula is C13H18ClFN2O. The van der Waals surface area contributed by atoms with Gasteiger partial charge in [-0.25, -0.2) is 4.39 Å². The van der Waals surface area contributed by atoms with Crippen LogP contribution in [0.2, 0.25) is 5.02 Å². The second-order valence-corrected chi connectivity index (χ2v) is 5.29. The van der Waals surface area contributed by atoms with Crippen molar-refractivity contribution in [3.8, 4) is 0 Å². The molecule has 3 N–H and O–H groups in total. The molecule has 5 heteroatoms. The fraction of sp³-hybridized carbons (Fsp3) is 0.462. The Balaban J connectivity index is 2.95. The van der Waals surface area contributed by atoms with Gasteiger partial charge in [0.1, 0.15) is 5.82 Å².